The van der Waals surface area contributed by atoms with Crippen molar-refractivity contribution in [2.24, 2.45) is 5.41 Å². The summed E-state index contributed by atoms with van der Waals surface area (Å²) < 4.78 is 22.2. The van der Waals surface area contributed by atoms with Gasteiger partial charge < -0.3 is 5.32 Å². The normalized spacial score (nSPS) is 17.9. The maximum Gasteiger partial charge on any atom is 0.261 e. The third-order valence-electron chi connectivity index (χ3n) is 3.91. The van der Waals surface area contributed by atoms with Gasteiger partial charge >= 0.3 is 0 Å². The lowest BCUT2D eigenvalue weighted by Crippen LogP contribution is -2.36. The van der Waals surface area contributed by atoms with E-state index < -0.39 is 9.05 Å². The van der Waals surface area contributed by atoms with Crippen LogP contribution in [0.2, 0.25) is 0 Å². The molecule has 4 nitrogen and oxygen atoms in total. The fourth-order valence-electron chi connectivity index (χ4n) is 2.55. The highest BCUT2D eigenvalue weighted by Gasteiger charge is 2.35. The fraction of sp³-hybridized carbons (Fsp3) is 0.500. The Labute approximate surface area is 123 Å². The van der Waals surface area contributed by atoms with Crippen molar-refractivity contribution in [3.63, 3.8) is 0 Å². The lowest BCUT2D eigenvalue weighted by Gasteiger charge is -2.22. The number of rotatable bonds is 4. The molecule has 1 fully saturated rings. The van der Waals surface area contributed by atoms with Crippen LogP contribution in [0, 0.1) is 5.41 Å². The zero-order valence-electron chi connectivity index (χ0n) is 11.4. The molecule has 0 aliphatic heterocycles. The zero-order chi connectivity index (χ0) is 14.8. The second-order valence-electron chi connectivity index (χ2n) is 5.53. The van der Waals surface area contributed by atoms with Gasteiger partial charge in [-0.15, -0.1) is 0 Å². The third kappa shape index (κ3) is 3.52. The first-order chi connectivity index (χ1) is 9.31. The number of benzene rings is 1. The van der Waals surface area contributed by atoms with Crippen molar-refractivity contribution in [2.45, 2.75) is 44.0 Å². The van der Waals surface area contributed by atoms with Crippen LogP contribution in [0.4, 0.5) is 0 Å². The Morgan fingerprint density at radius 1 is 1.25 bits per heavy atom. The lowest BCUT2D eigenvalue weighted by molar-refractivity contribution is -0.130. The van der Waals surface area contributed by atoms with Crippen LogP contribution < -0.4 is 5.32 Å². The maximum absolute atomic E-state index is 12.1. The molecule has 2 rings (SSSR count). The minimum atomic E-state index is -3.69. The zero-order valence-corrected chi connectivity index (χ0v) is 12.9. The number of nitrogens with one attached hydrogen (secondary N) is 1. The average Bonchev–Trinajstić information content (AvgIpc) is 2.84. The molecule has 110 valence electrons. The van der Waals surface area contributed by atoms with Crippen molar-refractivity contribution in [2.75, 3.05) is 0 Å². The molecule has 0 heterocycles. The van der Waals surface area contributed by atoms with Crippen LogP contribution in [0.1, 0.15) is 38.2 Å². The molecule has 1 N–H and O–H groups in total. The van der Waals surface area contributed by atoms with E-state index in [9.17, 15) is 13.2 Å². The summed E-state index contributed by atoms with van der Waals surface area (Å²) in [7, 11) is 1.56. The van der Waals surface area contributed by atoms with Crippen LogP contribution in [0.3, 0.4) is 0 Å². The van der Waals surface area contributed by atoms with Gasteiger partial charge in [-0.05, 0) is 30.5 Å². The fourth-order valence-corrected chi connectivity index (χ4v) is 3.32. The van der Waals surface area contributed by atoms with Crippen molar-refractivity contribution in [1.82, 2.24) is 5.32 Å². The van der Waals surface area contributed by atoms with Crippen LogP contribution in [0.25, 0.3) is 0 Å². The van der Waals surface area contributed by atoms with Crippen LogP contribution >= 0.6 is 10.7 Å². The maximum atomic E-state index is 12.1. The molecule has 0 radical (unpaired) electrons. The largest absolute Gasteiger partial charge is 0.352 e. The predicted octanol–water partition coefficient (Wildman–Crippen LogP) is 2.81. The van der Waals surface area contributed by atoms with E-state index in [1.54, 1.807) is 12.1 Å². The van der Waals surface area contributed by atoms with E-state index in [-0.39, 0.29) is 16.2 Å². The van der Waals surface area contributed by atoms with E-state index in [4.69, 9.17) is 10.7 Å². The SMILES string of the molecule is CC1(C(=O)NCc2ccc(S(=O)(=O)Cl)cc2)CCCC1. The van der Waals surface area contributed by atoms with Crippen LogP contribution in [0.15, 0.2) is 29.2 Å². The van der Waals surface area contributed by atoms with Crippen LogP contribution in [0.5, 0.6) is 0 Å². The van der Waals surface area contributed by atoms with Crippen LogP contribution in [-0.2, 0) is 20.4 Å². The van der Waals surface area contributed by atoms with Gasteiger partial charge in [-0.1, -0.05) is 31.9 Å². The Bertz CT molecular complexity index is 589. The van der Waals surface area contributed by atoms with Crippen LogP contribution in [-0.4, -0.2) is 14.3 Å². The molecule has 0 bridgehead atoms. The second-order valence-corrected chi connectivity index (χ2v) is 8.10. The highest BCUT2D eigenvalue weighted by Crippen LogP contribution is 2.37. The average molecular weight is 316 g/mol. The summed E-state index contributed by atoms with van der Waals surface area (Å²) in [6, 6.07) is 6.21. The summed E-state index contributed by atoms with van der Waals surface area (Å²) in [5.74, 6) is 0.0732. The molecule has 1 aliphatic rings. The smallest absolute Gasteiger partial charge is 0.261 e. The summed E-state index contributed by atoms with van der Waals surface area (Å²) in [4.78, 5) is 12.2. The predicted molar refractivity (Wildman–Crippen MR) is 77.9 cm³/mol. The molecular weight excluding hydrogens is 298 g/mol. The van der Waals surface area contributed by atoms with Gasteiger partial charge in [0.25, 0.3) is 9.05 Å². The Kier molecular flexibility index (Phi) is 4.39. The van der Waals surface area contributed by atoms with E-state index in [2.05, 4.69) is 5.32 Å². The van der Waals surface area contributed by atoms with Gasteiger partial charge in [0.15, 0.2) is 0 Å². The summed E-state index contributed by atoms with van der Waals surface area (Å²) in [5, 5.41) is 2.92. The first-order valence-corrected chi connectivity index (χ1v) is 8.94. The van der Waals surface area contributed by atoms with E-state index >= 15 is 0 Å². The molecule has 1 aliphatic carbocycles. The van der Waals surface area contributed by atoms with Crippen molar-refractivity contribution >= 4 is 25.6 Å². The van der Waals surface area contributed by atoms with Gasteiger partial charge in [-0.2, -0.15) is 0 Å². The molecule has 0 atom stereocenters. The third-order valence-corrected chi connectivity index (χ3v) is 5.28. The summed E-state index contributed by atoms with van der Waals surface area (Å²) in [5.41, 5.74) is 0.600. The standard InChI is InChI=1S/C14H18ClNO3S/c1-14(8-2-3-9-14)13(17)16-10-11-4-6-12(7-5-11)20(15,18)19/h4-7H,2-3,8-10H2,1H3,(H,16,17). The topological polar surface area (TPSA) is 63.2 Å². The Balaban J connectivity index is 1.96. The second kappa shape index (κ2) is 5.74. The van der Waals surface area contributed by atoms with E-state index in [0.717, 1.165) is 31.2 Å². The molecule has 0 unspecified atom stereocenters. The number of carbonyl (C=O) groups is 1. The van der Waals surface area contributed by atoms with Gasteiger partial charge in [0.2, 0.25) is 5.91 Å². The number of halogens is 1. The molecule has 0 saturated heterocycles. The molecule has 20 heavy (non-hydrogen) atoms. The molecule has 1 amide bonds. The van der Waals surface area contributed by atoms with E-state index in [0.29, 0.717) is 6.54 Å². The molecule has 0 spiro atoms. The highest BCUT2D eigenvalue weighted by molar-refractivity contribution is 8.13. The van der Waals surface area contributed by atoms with E-state index in [1.807, 2.05) is 6.92 Å². The molecule has 1 saturated carbocycles. The molecule has 1 aromatic carbocycles. The number of amides is 1. The molecule has 1 aromatic rings. The monoisotopic (exact) mass is 315 g/mol. The Hall–Kier alpha value is -1.07. The summed E-state index contributed by atoms with van der Waals surface area (Å²) in [6.07, 6.45) is 4.07. The molecule has 0 aromatic heterocycles. The minimum Gasteiger partial charge on any atom is -0.352 e. The Morgan fingerprint density at radius 3 is 2.30 bits per heavy atom. The molecule has 6 heteroatoms. The van der Waals surface area contributed by atoms with Gasteiger partial charge in [0, 0.05) is 22.6 Å². The van der Waals surface area contributed by atoms with Crippen molar-refractivity contribution in [3.8, 4) is 0 Å². The molecular formula is C14H18ClNO3S. The first-order valence-electron chi connectivity index (χ1n) is 6.63. The minimum absolute atomic E-state index is 0.0667. The van der Waals surface area contributed by atoms with Gasteiger partial charge in [-0.3, -0.25) is 4.79 Å². The summed E-state index contributed by atoms with van der Waals surface area (Å²) in [6.45, 7) is 2.40. The van der Waals surface area contributed by atoms with Gasteiger partial charge in [0.05, 0.1) is 4.90 Å². The number of hydrogen-bond acceptors (Lipinski definition) is 3. The van der Waals surface area contributed by atoms with Crippen molar-refractivity contribution < 1.29 is 13.2 Å². The first kappa shape index (κ1) is 15.3. The Morgan fingerprint density at radius 2 is 1.80 bits per heavy atom. The summed E-state index contributed by atoms with van der Waals surface area (Å²) >= 11 is 0. The van der Waals surface area contributed by atoms with E-state index in [1.165, 1.54) is 12.1 Å². The quantitative estimate of drug-likeness (QED) is 0.869. The highest BCUT2D eigenvalue weighted by atomic mass is 35.7. The lowest BCUT2D eigenvalue weighted by atomic mass is 9.88. The van der Waals surface area contributed by atoms with Crippen molar-refractivity contribution in [1.29, 1.82) is 0 Å². The van der Waals surface area contributed by atoms with Gasteiger partial charge in [0.1, 0.15) is 0 Å². The number of hydrogen-bond donors (Lipinski definition) is 1. The van der Waals surface area contributed by atoms with Gasteiger partial charge in [-0.25, -0.2) is 8.42 Å². The van der Waals surface area contributed by atoms with Crippen molar-refractivity contribution in [3.05, 3.63) is 29.8 Å². The number of carbonyl (C=O) groups excluding carboxylic acids is 1.